The number of nitrogens with one attached hydrogen (secondary N) is 2. The molecule has 2 rings (SSSR count). The molecule has 0 aliphatic heterocycles. The average molecular weight is 300 g/mol. The number of hydrogen-bond donors (Lipinski definition) is 2. The van der Waals surface area contributed by atoms with E-state index in [1.807, 2.05) is 6.92 Å². The summed E-state index contributed by atoms with van der Waals surface area (Å²) in [4.78, 5) is 0.150. The van der Waals surface area contributed by atoms with Gasteiger partial charge in [-0.05, 0) is 50.4 Å². The van der Waals surface area contributed by atoms with Crippen LogP contribution < -0.4 is 10.0 Å². The fourth-order valence-electron chi connectivity index (χ4n) is 1.98. The van der Waals surface area contributed by atoms with Gasteiger partial charge in [-0.1, -0.05) is 6.92 Å². The van der Waals surface area contributed by atoms with Gasteiger partial charge >= 0.3 is 0 Å². The maximum absolute atomic E-state index is 14.0. The molecule has 0 heterocycles. The van der Waals surface area contributed by atoms with E-state index in [9.17, 15) is 12.8 Å². The zero-order valence-electron chi connectivity index (χ0n) is 11.9. The van der Waals surface area contributed by atoms with Gasteiger partial charge in [-0.3, -0.25) is 0 Å². The first kappa shape index (κ1) is 15.4. The third kappa shape index (κ3) is 3.77. The highest BCUT2D eigenvalue weighted by Gasteiger charge is 2.28. The number of sulfonamides is 1. The lowest BCUT2D eigenvalue weighted by atomic mass is 10.1. The smallest absolute Gasteiger partial charge is 0.240 e. The minimum Gasteiger partial charge on any atom is -0.313 e. The quantitative estimate of drug-likeness (QED) is 0.758. The van der Waals surface area contributed by atoms with Gasteiger partial charge in [0.2, 0.25) is 10.0 Å². The van der Waals surface area contributed by atoms with Crippen molar-refractivity contribution in [3.63, 3.8) is 0 Å². The fraction of sp³-hybridized carbons (Fsp3) is 0.571. The predicted molar refractivity (Wildman–Crippen MR) is 76.5 cm³/mol. The summed E-state index contributed by atoms with van der Waals surface area (Å²) in [5, 5.41) is 3.10. The standard InChI is InChI=1S/C14H21FN2O2S/c1-3-6-16-9-11-8-13(7-10(2)14(11)15)20(18,19)17-12-4-5-12/h7-8,12,16-17H,3-6,9H2,1-2H3. The summed E-state index contributed by atoms with van der Waals surface area (Å²) >= 11 is 0. The molecule has 1 aromatic rings. The summed E-state index contributed by atoms with van der Waals surface area (Å²) in [5.74, 6) is -0.334. The maximum atomic E-state index is 14.0. The lowest BCUT2D eigenvalue weighted by Crippen LogP contribution is -2.26. The zero-order valence-corrected chi connectivity index (χ0v) is 12.7. The van der Waals surface area contributed by atoms with Crippen molar-refractivity contribution in [2.45, 2.75) is 50.6 Å². The van der Waals surface area contributed by atoms with Gasteiger partial charge in [-0.2, -0.15) is 0 Å². The third-order valence-electron chi connectivity index (χ3n) is 3.26. The van der Waals surface area contributed by atoms with E-state index in [1.165, 1.54) is 12.1 Å². The van der Waals surface area contributed by atoms with Gasteiger partial charge in [-0.15, -0.1) is 0 Å². The Labute approximate surface area is 119 Å². The summed E-state index contributed by atoms with van der Waals surface area (Å²) in [7, 11) is -3.53. The molecule has 6 heteroatoms. The van der Waals surface area contributed by atoms with Crippen molar-refractivity contribution in [1.82, 2.24) is 10.0 Å². The van der Waals surface area contributed by atoms with Crippen LogP contribution in [0.5, 0.6) is 0 Å². The number of hydrogen-bond acceptors (Lipinski definition) is 3. The second-order valence-corrected chi connectivity index (χ2v) is 7.00. The van der Waals surface area contributed by atoms with E-state index >= 15 is 0 Å². The molecule has 20 heavy (non-hydrogen) atoms. The van der Waals surface area contributed by atoms with E-state index in [1.54, 1.807) is 6.92 Å². The molecule has 0 saturated heterocycles. The largest absolute Gasteiger partial charge is 0.313 e. The Morgan fingerprint density at radius 3 is 2.65 bits per heavy atom. The fourth-order valence-corrected chi connectivity index (χ4v) is 3.42. The van der Waals surface area contributed by atoms with E-state index < -0.39 is 10.0 Å². The highest BCUT2D eigenvalue weighted by molar-refractivity contribution is 7.89. The molecule has 0 bridgehead atoms. The molecule has 112 valence electrons. The normalized spacial score (nSPS) is 15.6. The second kappa shape index (κ2) is 6.20. The van der Waals surface area contributed by atoms with E-state index in [2.05, 4.69) is 10.0 Å². The van der Waals surface area contributed by atoms with Crippen LogP contribution in [0, 0.1) is 12.7 Å². The predicted octanol–water partition coefficient (Wildman–Crippen LogP) is 2.07. The van der Waals surface area contributed by atoms with E-state index in [0.717, 1.165) is 25.8 Å². The van der Waals surface area contributed by atoms with Crippen LogP contribution in [0.3, 0.4) is 0 Å². The molecule has 2 N–H and O–H groups in total. The van der Waals surface area contributed by atoms with Crippen molar-refractivity contribution >= 4 is 10.0 Å². The number of aryl methyl sites for hydroxylation is 1. The van der Waals surface area contributed by atoms with Crippen molar-refractivity contribution in [2.24, 2.45) is 0 Å². The molecule has 1 aliphatic carbocycles. The van der Waals surface area contributed by atoms with Crippen molar-refractivity contribution in [3.05, 3.63) is 29.1 Å². The van der Waals surface area contributed by atoms with E-state index in [-0.39, 0.29) is 16.8 Å². The van der Waals surface area contributed by atoms with Crippen LogP contribution in [0.25, 0.3) is 0 Å². The first-order chi connectivity index (χ1) is 9.44. The minimum atomic E-state index is -3.53. The monoisotopic (exact) mass is 300 g/mol. The Morgan fingerprint density at radius 1 is 1.35 bits per heavy atom. The molecule has 0 aromatic heterocycles. The molecule has 0 atom stereocenters. The summed E-state index contributed by atoms with van der Waals surface area (Å²) in [6, 6.07) is 2.87. The van der Waals surface area contributed by atoms with E-state index in [4.69, 9.17) is 0 Å². The van der Waals surface area contributed by atoms with Gasteiger partial charge in [0.1, 0.15) is 5.82 Å². The van der Waals surface area contributed by atoms with Crippen molar-refractivity contribution < 1.29 is 12.8 Å². The van der Waals surface area contributed by atoms with Gasteiger partial charge in [0, 0.05) is 18.2 Å². The molecule has 0 spiro atoms. The molecular weight excluding hydrogens is 279 g/mol. The van der Waals surface area contributed by atoms with Crippen LogP contribution in [0.4, 0.5) is 4.39 Å². The minimum absolute atomic E-state index is 0.0482. The van der Waals surface area contributed by atoms with E-state index in [0.29, 0.717) is 17.7 Å². The van der Waals surface area contributed by atoms with Crippen LogP contribution in [0.1, 0.15) is 37.3 Å². The topological polar surface area (TPSA) is 58.2 Å². The van der Waals surface area contributed by atoms with Crippen molar-refractivity contribution in [2.75, 3.05) is 6.54 Å². The molecule has 4 nitrogen and oxygen atoms in total. The average Bonchev–Trinajstić information content (AvgIpc) is 3.17. The molecule has 0 radical (unpaired) electrons. The van der Waals surface area contributed by atoms with Gasteiger partial charge in [0.15, 0.2) is 0 Å². The summed E-state index contributed by atoms with van der Waals surface area (Å²) in [6.45, 7) is 4.73. The van der Waals surface area contributed by atoms with Crippen molar-refractivity contribution in [3.8, 4) is 0 Å². The molecule has 1 saturated carbocycles. The second-order valence-electron chi connectivity index (χ2n) is 5.29. The molecule has 0 unspecified atom stereocenters. The van der Waals surface area contributed by atoms with Gasteiger partial charge in [0.05, 0.1) is 4.90 Å². The molecule has 1 aromatic carbocycles. The SMILES string of the molecule is CCCNCc1cc(S(=O)(=O)NC2CC2)cc(C)c1F. The molecule has 1 aliphatic rings. The summed E-state index contributed by atoms with van der Waals surface area (Å²) < 4.78 is 41.0. The van der Waals surface area contributed by atoms with Crippen LogP contribution in [-0.4, -0.2) is 21.0 Å². The lowest BCUT2D eigenvalue weighted by molar-refractivity contribution is 0.569. The first-order valence-corrected chi connectivity index (χ1v) is 8.44. The Balaban J connectivity index is 2.24. The summed E-state index contributed by atoms with van der Waals surface area (Å²) in [6.07, 6.45) is 2.70. The third-order valence-corrected chi connectivity index (χ3v) is 4.76. The van der Waals surface area contributed by atoms with Gasteiger partial charge in [0.25, 0.3) is 0 Å². The number of halogens is 1. The Hall–Kier alpha value is -0.980. The highest BCUT2D eigenvalue weighted by atomic mass is 32.2. The molecule has 1 fully saturated rings. The first-order valence-electron chi connectivity index (χ1n) is 6.96. The maximum Gasteiger partial charge on any atom is 0.240 e. The molecular formula is C14H21FN2O2S. The van der Waals surface area contributed by atoms with Crippen LogP contribution in [-0.2, 0) is 16.6 Å². The van der Waals surface area contributed by atoms with Crippen LogP contribution in [0.15, 0.2) is 17.0 Å². The zero-order chi connectivity index (χ0) is 14.8. The van der Waals surface area contributed by atoms with Gasteiger partial charge < -0.3 is 5.32 Å². The van der Waals surface area contributed by atoms with Crippen LogP contribution >= 0.6 is 0 Å². The summed E-state index contributed by atoms with van der Waals surface area (Å²) in [5.41, 5.74) is 0.756. The Morgan fingerprint density at radius 2 is 2.05 bits per heavy atom. The number of benzene rings is 1. The van der Waals surface area contributed by atoms with Crippen LogP contribution in [0.2, 0.25) is 0 Å². The Kier molecular flexibility index (Phi) is 4.78. The van der Waals surface area contributed by atoms with Crippen molar-refractivity contribution in [1.29, 1.82) is 0 Å². The highest BCUT2D eigenvalue weighted by Crippen LogP contribution is 2.24. The Bertz CT molecular complexity index is 583. The van der Waals surface area contributed by atoms with Gasteiger partial charge in [-0.25, -0.2) is 17.5 Å². The lowest BCUT2D eigenvalue weighted by Gasteiger charge is -2.11. The molecule has 0 amide bonds. The number of rotatable bonds is 7.